The molecule has 170 valence electrons. The Bertz CT molecular complexity index is 695. The second kappa shape index (κ2) is 11.0. The first kappa shape index (κ1) is 26.2. The van der Waals surface area contributed by atoms with Crippen LogP contribution in [0.2, 0.25) is 0 Å². The number of halogens is 3. The van der Waals surface area contributed by atoms with E-state index in [0.717, 1.165) is 27.7 Å². The van der Waals surface area contributed by atoms with Gasteiger partial charge in [-0.15, -0.1) is 0 Å². The largest absolute Gasteiger partial charge is 0.463 e. The van der Waals surface area contributed by atoms with Crippen molar-refractivity contribution >= 4 is 64.6 Å². The molecule has 11 nitrogen and oxygen atoms in total. The van der Waals surface area contributed by atoms with E-state index in [1.165, 1.54) is 0 Å². The van der Waals surface area contributed by atoms with Crippen LogP contribution in [0.4, 0.5) is 0 Å². The van der Waals surface area contributed by atoms with Crippen molar-refractivity contribution in [1.82, 2.24) is 5.32 Å². The number of hydrogen-bond acceptors (Lipinski definition) is 10. The predicted octanol–water partition coefficient (Wildman–Crippen LogP) is 0.556. The van der Waals surface area contributed by atoms with Crippen LogP contribution in [0.25, 0.3) is 0 Å². The molecular weight excluding hydrogens is 473 g/mol. The lowest BCUT2D eigenvalue weighted by Crippen LogP contribution is -2.66. The van der Waals surface area contributed by atoms with Gasteiger partial charge in [0.1, 0.15) is 12.7 Å². The van der Waals surface area contributed by atoms with E-state index in [-0.39, 0.29) is 0 Å². The van der Waals surface area contributed by atoms with Crippen LogP contribution >= 0.6 is 34.8 Å². The van der Waals surface area contributed by atoms with Crippen LogP contribution in [0.3, 0.4) is 0 Å². The maximum atomic E-state index is 12.1. The molecule has 1 heterocycles. The van der Waals surface area contributed by atoms with Gasteiger partial charge in [-0.25, -0.2) is 0 Å². The summed E-state index contributed by atoms with van der Waals surface area (Å²) in [5, 5.41) is 2.20. The number of nitrogens with one attached hydrogen (secondary N) is 1. The molecule has 0 aliphatic carbocycles. The summed E-state index contributed by atoms with van der Waals surface area (Å²) in [6.45, 7) is 3.84. The third-order valence-electron chi connectivity index (χ3n) is 3.52. The molecular formula is C16H20Cl3NO10. The molecule has 1 fully saturated rings. The van der Waals surface area contributed by atoms with Crippen molar-refractivity contribution in [2.75, 3.05) is 6.61 Å². The first-order valence-corrected chi connectivity index (χ1v) is 9.54. The number of ether oxygens (including phenoxy) is 5. The molecule has 30 heavy (non-hydrogen) atoms. The van der Waals surface area contributed by atoms with Crippen LogP contribution in [0, 0.1) is 0 Å². The zero-order valence-electron chi connectivity index (χ0n) is 16.3. The van der Waals surface area contributed by atoms with Gasteiger partial charge in [0, 0.05) is 27.7 Å². The van der Waals surface area contributed by atoms with Gasteiger partial charge in [-0.2, -0.15) is 0 Å². The molecule has 1 amide bonds. The molecule has 0 aromatic rings. The highest BCUT2D eigenvalue weighted by Gasteiger charge is 2.53. The maximum Gasteiger partial charge on any atom is 0.303 e. The predicted molar refractivity (Wildman–Crippen MR) is 100 cm³/mol. The van der Waals surface area contributed by atoms with E-state index in [1.807, 2.05) is 0 Å². The van der Waals surface area contributed by atoms with Crippen molar-refractivity contribution in [1.29, 1.82) is 0 Å². The summed E-state index contributed by atoms with van der Waals surface area (Å²) in [6, 6.07) is 0. The molecule has 0 aromatic heterocycles. The minimum absolute atomic E-state index is 0.460. The third-order valence-corrected chi connectivity index (χ3v) is 4.04. The fraction of sp³-hybridized carbons (Fsp3) is 0.688. The fourth-order valence-corrected chi connectivity index (χ4v) is 2.72. The summed E-state index contributed by atoms with van der Waals surface area (Å²) >= 11 is 16.6. The Kier molecular flexibility index (Phi) is 9.60. The van der Waals surface area contributed by atoms with Gasteiger partial charge >= 0.3 is 23.9 Å². The molecule has 1 rings (SSSR count). The van der Waals surface area contributed by atoms with Gasteiger partial charge in [0.25, 0.3) is 9.70 Å². The van der Waals surface area contributed by atoms with Gasteiger partial charge in [-0.05, 0) is 0 Å². The molecule has 5 unspecified atom stereocenters. The van der Waals surface area contributed by atoms with Crippen LogP contribution in [-0.4, -0.2) is 70.8 Å². The smallest absolute Gasteiger partial charge is 0.303 e. The first-order chi connectivity index (χ1) is 13.7. The lowest BCUT2D eigenvalue weighted by Gasteiger charge is -2.44. The van der Waals surface area contributed by atoms with Gasteiger partial charge in [-0.1, -0.05) is 34.8 Å². The van der Waals surface area contributed by atoms with Crippen molar-refractivity contribution in [3.63, 3.8) is 0 Å². The number of rotatable bonds is 6. The van der Waals surface area contributed by atoms with E-state index < -0.39 is 70.8 Å². The van der Waals surface area contributed by atoms with E-state index in [9.17, 15) is 24.0 Å². The molecule has 0 radical (unpaired) electrons. The average Bonchev–Trinajstić information content (AvgIpc) is 2.56. The second-order valence-electron chi connectivity index (χ2n) is 6.09. The Labute approximate surface area is 186 Å². The monoisotopic (exact) mass is 491 g/mol. The molecule has 5 atom stereocenters. The molecule has 1 saturated heterocycles. The van der Waals surface area contributed by atoms with Crippen LogP contribution in [0.15, 0.2) is 0 Å². The van der Waals surface area contributed by atoms with E-state index in [4.69, 9.17) is 58.5 Å². The van der Waals surface area contributed by atoms with Gasteiger partial charge in [0.05, 0.1) is 0 Å². The Morgan fingerprint density at radius 2 is 1.27 bits per heavy atom. The van der Waals surface area contributed by atoms with E-state index >= 15 is 0 Å². The third kappa shape index (κ3) is 8.13. The lowest BCUT2D eigenvalue weighted by atomic mass is 9.97. The highest BCUT2D eigenvalue weighted by Crippen LogP contribution is 2.31. The average molecular weight is 493 g/mol. The number of carbonyl (C=O) groups is 5. The molecule has 0 bridgehead atoms. The number of esters is 4. The summed E-state index contributed by atoms with van der Waals surface area (Å²) in [5.41, 5.74) is 0. The van der Waals surface area contributed by atoms with E-state index in [2.05, 4.69) is 5.32 Å². The second-order valence-corrected chi connectivity index (χ2v) is 8.37. The number of alkyl halides is 3. The zero-order valence-corrected chi connectivity index (χ0v) is 18.6. The maximum absolute atomic E-state index is 12.1. The number of carbonyl (C=O) groups excluding carboxylic acids is 5. The fourth-order valence-electron chi connectivity index (χ4n) is 2.56. The van der Waals surface area contributed by atoms with Crippen molar-refractivity contribution in [3.05, 3.63) is 0 Å². The topological polar surface area (TPSA) is 144 Å². The van der Waals surface area contributed by atoms with Crippen molar-refractivity contribution < 1.29 is 47.7 Å². The highest BCUT2D eigenvalue weighted by atomic mass is 35.6. The van der Waals surface area contributed by atoms with Gasteiger partial charge < -0.3 is 29.0 Å². The van der Waals surface area contributed by atoms with E-state index in [1.54, 1.807) is 0 Å². The zero-order chi connectivity index (χ0) is 23.2. The van der Waals surface area contributed by atoms with Gasteiger partial charge in [0.2, 0.25) is 0 Å². The highest BCUT2D eigenvalue weighted by molar-refractivity contribution is 6.76. The van der Waals surface area contributed by atoms with Crippen molar-refractivity contribution in [2.45, 2.75) is 62.1 Å². The molecule has 1 aliphatic heterocycles. The minimum Gasteiger partial charge on any atom is -0.463 e. The quantitative estimate of drug-likeness (QED) is 0.317. The van der Waals surface area contributed by atoms with Crippen molar-refractivity contribution in [2.24, 2.45) is 0 Å². The summed E-state index contributed by atoms with van der Waals surface area (Å²) < 4.78 is 23.6. The minimum atomic E-state index is -2.40. The molecule has 0 saturated carbocycles. The Morgan fingerprint density at radius 3 is 1.70 bits per heavy atom. The Morgan fingerprint density at radius 1 is 0.800 bits per heavy atom. The Hall–Kier alpha value is -1.82. The van der Waals surface area contributed by atoms with Crippen LogP contribution in [0.5, 0.6) is 0 Å². The van der Waals surface area contributed by atoms with Gasteiger partial charge in [-0.3, -0.25) is 24.0 Å². The Balaban J connectivity index is 3.37. The normalized spacial score (nSPS) is 26.2. The summed E-state index contributed by atoms with van der Waals surface area (Å²) in [6.07, 6.45) is -7.08. The molecule has 0 spiro atoms. The number of hydrogen-bond donors (Lipinski definition) is 1. The standard InChI is InChI=1S/C16H20Cl3NO10/c1-6(21)26-5-10-11(27-7(2)22)12(28-8(3)23)13(29-9(4)24)14(30-10)20-15(25)16(17,18)19/h10-14H,5H2,1-4H3,(H,20,25). The molecule has 1 N–H and O–H groups in total. The molecule has 0 aromatic carbocycles. The van der Waals surface area contributed by atoms with E-state index in [0.29, 0.717) is 0 Å². The molecule has 1 aliphatic rings. The number of amides is 1. The first-order valence-electron chi connectivity index (χ1n) is 8.40. The SMILES string of the molecule is CC(=O)OCC1OC(NC(=O)C(Cl)(Cl)Cl)C(OC(C)=O)C(OC(C)=O)C1OC(C)=O. The summed E-state index contributed by atoms with van der Waals surface area (Å²) in [5.74, 6) is -4.29. The van der Waals surface area contributed by atoms with Crippen LogP contribution in [0.1, 0.15) is 27.7 Å². The van der Waals surface area contributed by atoms with Gasteiger partial charge in [0.15, 0.2) is 24.5 Å². The summed E-state index contributed by atoms with van der Waals surface area (Å²) in [4.78, 5) is 58.2. The molecule has 14 heteroatoms. The lowest BCUT2D eigenvalue weighted by molar-refractivity contribution is -0.256. The summed E-state index contributed by atoms with van der Waals surface area (Å²) in [7, 11) is 0. The van der Waals surface area contributed by atoms with Crippen molar-refractivity contribution in [3.8, 4) is 0 Å². The van der Waals surface area contributed by atoms with Crippen LogP contribution < -0.4 is 5.32 Å². The van der Waals surface area contributed by atoms with Crippen LogP contribution in [-0.2, 0) is 47.7 Å².